The molecule has 6 nitrogen and oxygen atoms in total. The second kappa shape index (κ2) is 7.92. The third-order valence-corrected chi connectivity index (χ3v) is 3.26. The minimum absolute atomic E-state index is 0.476. The first kappa shape index (κ1) is 15.7. The molecule has 0 amide bonds. The summed E-state index contributed by atoms with van der Waals surface area (Å²) in [5.41, 5.74) is 2.17. The van der Waals surface area contributed by atoms with Crippen LogP contribution in [0.25, 0.3) is 0 Å². The summed E-state index contributed by atoms with van der Waals surface area (Å²) in [6, 6.07) is 15.6. The molecule has 0 aliphatic carbocycles. The van der Waals surface area contributed by atoms with E-state index in [9.17, 15) is 0 Å². The van der Waals surface area contributed by atoms with Crippen molar-refractivity contribution < 1.29 is 9.47 Å². The maximum absolute atomic E-state index is 5.66. The first-order valence-electron chi connectivity index (χ1n) is 7.61. The lowest BCUT2D eigenvalue weighted by Crippen LogP contribution is -2.08. The summed E-state index contributed by atoms with van der Waals surface area (Å²) in [6.07, 6.45) is 3.13. The van der Waals surface area contributed by atoms with Crippen LogP contribution in [0.2, 0.25) is 0 Å². The number of benzene rings is 2. The Bertz CT molecular complexity index is 766. The van der Waals surface area contributed by atoms with Gasteiger partial charge in [0.15, 0.2) is 0 Å². The smallest absolute Gasteiger partial charge is 0.245 e. The molecule has 3 aromatic rings. The zero-order valence-electron chi connectivity index (χ0n) is 13.3. The van der Waals surface area contributed by atoms with Crippen molar-refractivity contribution in [2.24, 2.45) is 4.99 Å². The molecule has 0 radical (unpaired) electrons. The molecule has 0 unspecified atom stereocenters. The molecule has 0 spiro atoms. The lowest BCUT2D eigenvalue weighted by atomic mass is 10.2. The van der Waals surface area contributed by atoms with Crippen LogP contribution in [0.5, 0.6) is 11.5 Å². The highest BCUT2D eigenvalue weighted by atomic mass is 16.5. The van der Waals surface area contributed by atoms with Crippen molar-refractivity contribution in [1.82, 2.24) is 15.2 Å². The number of nitrogens with zero attached hydrogens (tertiary/aromatic N) is 3. The maximum Gasteiger partial charge on any atom is 0.245 e. The molecule has 1 N–H and O–H groups in total. The Labute approximate surface area is 140 Å². The number of aromatic amines is 1. The fraction of sp³-hybridized carbons (Fsp3) is 0.167. The Morgan fingerprint density at radius 2 is 1.58 bits per heavy atom. The Morgan fingerprint density at radius 3 is 2.17 bits per heavy atom. The van der Waals surface area contributed by atoms with E-state index >= 15 is 0 Å². The summed E-state index contributed by atoms with van der Waals surface area (Å²) in [7, 11) is 0. The molecule has 0 saturated carbocycles. The summed E-state index contributed by atoms with van der Waals surface area (Å²) >= 11 is 0. The van der Waals surface area contributed by atoms with Gasteiger partial charge in [-0.05, 0) is 48.9 Å². The number of rotatable bonds is 7. The molecule has 0 bridgehead atoms. The number of hydrogen-bond donors (Lipinski definition) is 1. The zero-order valence-corrected chi connectivity index (χ0v) is 13.3. The highest BCUT2D eigenvalue weighted by Gasteiger charge is 1.97. The van der Waals surface area contributed by atoms with Crippen LogP contribution in [0.4, 0.5) is 5.95 Å². The number of aryl methyl sites for hydroxylation is 1. The van der Waals surface area contributed by atoms with Gasteiger partial charge in [0.25, 0.3) is 0 Å². The van der Waals surface area contributed by atoms with Crippen molar-refractivity contribution in [1.29, 1.82) is 0 Å². The van der Waals surface area contributed by atoms with E-state index in [0.29, 0.717) is 19.2 Å². The molecule has 24 heavy (non-hydrogen) atoms. The van der Waals surface area contributed by atoms with E-state index in [0.717, 1.165) is 17.1 Å². The molecule has 1 aromatic heterocycles. The SMILES string of the molecule is Cc1ccc(OCCOc2ccc(C=Nc3ncn[nH]3)cc2)cc1. The fourth-order valence-electron chi connectivity index (χ4n) is 2.00. The van der Waals surface area contributed by atoms with Crippen LogP contribution < -0.4 is 9.47 Å². The molecule has 6 heteroatoms. The van der Waals surface area contributed by atoms with Gasteiger partial charge in [0.05, 0.1) is 0 Å². The molecule has 0 saturated heterocycles. The number of hydrogen-bond acceptors (Lipinski definition) is 5. The Kier molecular flexibility index (Phi) is 5.19. The van der Waals surface area contributed by atoms with Crippen molar-refractivity contribution in [3.05, 3.63) is 66.0 Å². The van der Waals surface area contributed by atoms with Crippen LogP contribution in [-0.4, -0.2) is 34.6 Å². The number of aromatic nitrogens is 3. The van der Waals surface area contributed by atoms with Crippen molar-refractivity contribution in [2.75, 3.05) is 13.2 Å². The van der Waals surface area contributed by atoms with E-state index in [1.807, 2.05) is 55.5 Å². The lowest BCUT2D eigenvalue weighted by molar-refractivity contribution is 0.217. The third-order valence-electron chi connectivity index (χ3n) is 3.26. The standard InChI is InChI=1S/C18H18N4O2/c1-14-2-6-16(7-3-14)23-10-11-24-17-8-4-15(5-9-17)12-19-18-20-13-21-22-18/h2-9,12-13H,10-11H2,1H3,(H,20,21,22). The van der Waals surface area contributed by atoms with Gasteiger partial charge in [-0.25, -0.2) is 10.1 Å². The first-order chi connectivity index (χ1) is 11.8. The first-order valence-corrected chi connectivity index (χ1v) is 7.61. The average Bonchev–Trinajstić information content (AvgIpc) is 3.13. The average molecular weight is 322 g/mol. The van der Waals surface area contributed by atoms with Gasteiger partial charge >= 0.3 is 0 Å². The van der Waals surface area contributed by atoms with Crippen LogP contribution >= 0.6 is 0 Å². The van der Waals surface area contributed by atoms with Gasteiger partial charge < -0.3 is 9.47 Å². The molecule has 0 aliphatic rings. The minimum atomic E-state index is 0.476. The molecule has 122 valence electrons. The second-order valence-electron chi connectivity index (χ2n) is 5.15. The van der Waals surface area contributed by atoms with E-state index in [1.54, 1.807) is 6.21 Å². The molecular weight excluding hydrogens is 304 g/mol. The van der Waals surface area contributed by atoms with Gasteiger partial charge in [0.2, 0.25) is 5.95 Å². The highest BCUT2D eigenvalue weighted by Crippen LogP contribution is 2.13. The van der Waals surface area contributed by atoms with Crippen LogP contribution in [-0.2, 0) is 0 Å². The van der Waals surface area contributed by atoms with E-state index in [-0.39, 0.29) is 0 Å². The number of aliphatic imine (C=N–C) groups is 1. The summed E-state index contributed by atoms with van der Waals surface area (Å²) in [6.45, 7) is 3.03. The van der Waals surface area contributed by atoms with Gasteiger partial charge in [-0.3, -0.25) is 0 Å². The van der Waals surface area contributed by atoms with Gasteiger partial charge in [0.1, 0.15) is 31.0 Å². The Hall–Kier alpha value is -3.15. The second-order valence-corrected chi connectivity index (χ2v) is 5.15. The predicted molar refractivity (Wildman–Crippen MR) is 92.2 cm³/mol. The quantitative estimate of drug-likeness (QED) is 0.535. The lowest BCUT2D eigenvalue weighted by Gasteiger charge is -2.08. The number of ether oxygens (including phenoxy) is 2. The monoisotopic (exact) mass is 322 g/mol. The van der Waals surface area contributed by atoms with E-state index in [2.05, 4.69) is 20.2 Å². The highest BCUT2D eigenvalue weighted by molar-refractivity contribution is 5.81. The van der Waals surface area contributed by atoms with Crippen LogP contribution in [0.3, 0.4) is 0 Å². The molecular formula is C18H18N4O2. The summed E-state index contributed by atoms with van der Waals surface area (Å²) < 4.78 is 11.3. The van der Waals surface area contributed by atoms with Crippen LogP contribution in [0.1, 0.15) is 11.1 Å². The van der Waals surface area contributed by atoms with Crippen molar-refractivity contribution in [3.63, 3.8) is 0 Å². The van der Waals surface area contributed by atoms with E-state index in [4.69, 9.17) is 9.47 Å². The summed E-state index contributed by atoms with van der Waals surface area (Å²) in [5, 5.41) is 6.41. The summed E-state index contributed by atoms with van der Waals surface area (Å²) in [5.74, 6) is 2.12. The van der Waals surface area contributed by atoms with Crippen molar-refractivity contribution in [2.45, 2.75) is 6.92 Å². The van der Waals surface area contributed by atoms with Crippen molar-refractivity contribution in [3.8, 4) is 11.5 Å². The van der Waals surface area contributed by atoms with E-state index in [1.165, 1.54) is 11.9 Å². The van der Waals surface area contributed by atoms with Gasteiger partial charge in [-0.1, -0.05) is 17.7 Å². The Morgan fingerprint density at radius 1 is 0.958 bits per heavy atom. The molecule has 0 atom stereocenters. The summed E-state index contributed by atoms with van der Waals surface area (Å²) in [4.78, 5) is 8.09. The van der Waals surface area contributed by atoms with Gasteiger partial charge in [-0.15, -0.1) is 0 Å². The molecule has 0 aliphatic heterocycles. The maximum atomic E-state index is 5.66. The predicted octanol–water partition coefficient (Wildman–Crippen LogP) is 3.32. The minimum Gasteiger partial charge on any atom is -0.490 e. The molecule has 0 fully saturated rings. The molecule has 1 heterocycles. The molecule has 2 aromatic carbocycles. The topological polar surface area (TPSA) is 72.4 Å². The van der Waals surface area contributed by atoms with Gasteiger partial charge in [-0.2, -0.15) is 10.1 Å². The molecule has 3 rings (SSSR count). The number of nitrogens with one attached hydrogen (secondary N) is 1. The van der Waals surface area contributed by atoms with Crippen molar-refractivity contribution >= 4 is 12.2 Å². The third kappa shape index (κ3) is 4.67. The fourth-order valence-corrected chi connectivity index (χ4v) is 2.00. The number of H-pyrrole nitrogens is 1. The van der Waals surface area contributed by atoms with Gasteiger partial charge in [0, 0.05) is 6.21 Å². The van der Waals surface area contributed by atoms with E-state index < -0.39 is 0 Å². The Balaban J connectivity index is 1.43. The zero-order chi connectivity index (χ0) is 16.6. The largest absolute Gasteiger partial charge is 0.490 e. The van der Waals surface area contributed by atoms with Crippen LogP contribution in [0.15, 0.2) is 59.9 Å². The normalized spacial score (nSPS) is 10.9. The van der Waals surface area contributed by atoms with Crippen LogP contribution in [0, 0.1) is 6.92 Å².